The lowest BCUT2D eigenvalue weighted by molar-refractivity contribution is -0.140. The first-order valence-electron chi connectivity index (χ1n) is 4.98. The predicted molar refractivity (Wildman–Crippen MR) is 63.4 cm³/mol. The molecule has 3 N–H and O–H groups in total. The normalized spacial score (nSPS) is 9.78. The van der Waals surface area contributed by atoms with Gasteiger partial charge in [-0.25, -0.2) is 4.79 Å². The zero-order valence-electron chi connectivity index (χ0n) is 9.33. The van der Waals surface area contributed by atoms with E-state index in [1.54, 1.807) is 0 Å². The number of amides is 2. The molecule has 0 fully saturated rings. The van der Waals surface area contributed by atoms with Gasteiger partial charge in [0.05, 0.1) is 6.54 Å². The fraction of sp³-hybridized carbons (Fsp3) is 0.300. The van der Waals surface area contributed by atoms with Crippen molar-refractivity contribution in [2.24, 2.45) is 0 Å². The molecular weight excluding hydrogens is 260 g/mol. The van der Waals surface area contributed by atoms with Gasteiger partial charge in [-0.1, -0.05) is 6.07 Å². The van der Waals surface area contributed by atoms with Crippen LogP contribution in [0.1, 0.15) is 4.88 Å². The number of hydrogen-bond donors (Lipinski definition) is 3. The number of rotatable bonds is 6. The van der Waals surface area contributed by atoms with E-state index in [2.05, 4.69) is 5.32 Å². The molecule has 0 bridgehead atoms. The van der Waals surface area contributed by atoms with Crippen molar-refractivity contribution in [1.82, 2.24) is 10.2 Å². The first-order valence-corrected chi connectivity index (χ1v) is 5.85. The molecule has 0 saturated heterocycles. The Kier molecular flexibility index (Phi) is 5.12. The molecule has 1 heterocycles. The van der Waals surface area contributed by atoms with E-state index in [0.29, 0.717) is 0 Å². The molecule has 8 heteroatoms. The second-order valence-electron chi connectivity index (χ2n) is 3.38. The molecule has 0 aliphatic carbocycles. The van der Waals surface area contributed by atoms with Crippen LogP contribution < -0.4 is 5.32 Å². The van der Waals surface area contributed by atoms with Gasteiger partial charge in [0.15, 0.2) is 0 Å². The monoisotopic (exact) mass is 272 g/mol. The smallest absolute Gasteiger partial charge is 0.323 e. The van der Waals surface area contributed by atoms with E-state index in [1.807, 2.05) is 17.5 Å². The minimum atomic E-state index is -1.26. The number of urea groups is 1. The summed E-state index contributed by atoms with van der Waals surface area (Å²) in [6.45, 7) is -1.06. The molecule has 1 aromatic rings. The summed E-state index contributed by atoms with van der Waals surface area (Å²) in [6, 6.07) is 2.91. The van der Waals surface area contributed by atoms with Crippen molar-refractivity contribution in [1.29, 1.82) is 0 Å². The molecule has 0 aliphatic rings. The van der Waals surface area contributed by atoms with Gasteiger partial charge in [0.2, 0.25) is 0 Å². The number of carboxylic acid groups (broad SMARTS) is 2. The average molecular weight is 272 g/mol. The Morgan fingerprint density at radius 2 is 1.83 bits per heavy atom. The van der Waals surface area contributed by atoms with Crippen LogP contribution in [-0.2, 0) is 16.1 Å². The Labute approximate surface area is 107 Å². The molecule has 98 valence electrons. The molecule has 0 saturated carbocycles. The Hall–Kier alpha value is -2.09. The highest BCUT2D eigenvalue weighted by atomic mass is 32.1. The number of aliphatic carboxylic acids is 2. The highest BCUT2D eigenvalue weighted by molar-refractivity contribution is 7.09. The first-order chi connectivity index (χ1) is 8.49. The summed E-state index contributed by atoms with van der Waals surface area (Å²) in [5.41, 5.74) is 0. The number of thiophene rings is 1. The van der Waals surface area contributed by atoms with Gasteiger partial charge in [-0.15, -0.1) is 11.3 Å². The fourth-order valence-corrected chi connectivity index (χ4v) is 1.86. The zero-order chi connectivity index (χ0) is 13.5. The summed E-state index contributed by atoms with van der Waals surface area (Å²) in [5, 5.41) is 21.5. The van der Waals surface area contributed by atoms with Gasteiger partial charge in [-0.05, 0) is 11.4 Å². The topological polar surface area (TPSA) is 107 Å². The summed E-state index contributed by atoms with van der Waals surface area (Å²) in [7, 11) is 0. The van der Waals surface area contributed by atoms with Gasteiger partial charge in [-0.3, -0.25) is 9.59 Å². The highest BCUT2D eigenvalue weighted by Crippen LogP contribution is 2.07. The van der Waals surface area contributed by atoms with Crippen LogP contribution in [-0.4, -0.2) is 46.2 Å². The molecule has 0 unspecified atom stereocenters. The van der Waals surface area contributed by atoms with Crippen LogP contribution in [0.15, 0.2) is 17.5 Å². The van der Waals surface area contributed by atoms with Gasteiger partial charge in [0, 0.05) is 4.88 Å². The lowest BCUT2D eigenvalue weighted by atomic mass is 10.4. The molecule has 0 aliphatic heterocycles. The molecule has 0 radical (unpaired) electrons. The van der Waals surface area contributed by atoms with Crippen LogP contribution in [0.3, 0.4) is 0 Å². The summed E-state index contributed by atoms with van der Waals surface area (Å²) >= 11 is 1.44. The second-order valence-corrected chi connectivity index (χ2v) is 4.41. The van der Waals surface area contributed by atoms with E-state index in [-0.39, 0.29) is 6.54 Å². The zero-order valence-corrected chi connectivity index (χ0v) is 10.1. The van der Waals surface area contributed by atoms with E-state index >= 15 is 0 Å². The highest BCUT2D eigenvalue weighted by Gasteiger charge is 2.19. The third-order valence-electron chi connectivity index (χ3n) is 1.93. The van der Waals surface area contributed by atoms with Crippen molar-refractivity contribution in [2.75, 3.05) is 13.1 Å². The third-order valence-corrected chi connectivity index (χ3v) is 2.81. The minimum Gasteiger partial charge on any atom is -0.480 e. The molecule has 1 rings (SSSR count). The molecule has 1 aromatic heterocycles. The summed E-state index contributed by atoms with van der Waals surface area (Å²) in [4.78, 5) is 34.3. The lowest BCUT2D eigenvalue weighted by Crippen LogP contribution is -2.44. The molecule has 2 amide bonds. The summed E-state index contributed by atoms with van der Waals surface area (Å²) in [5.74, 6) is -2.52. The second kappa shape index (κ2) is 6.60. The van der Waals surface area contributed by atoms with Crippen molar-refractivity contribution >= 4 is 29.3 Å². The predicted octanol–water partition coefficient (Wildman–Crippen LogP) is 0.429. The average Bonchev–Trinajstić information content (AvgIpc) is 2.76. The third kappa shape index (κ3) is 4.83. The van der Waals surface area contributed by atoms with E-state index in [1.165, 1.54) is 11.3 Å². The van der Waals surface area contributed by atoms with Crippen molar-refractivity contribution < 1.29 is 24.6 Å². The van der Waals surface area contributed by atoms with Crippen molar-refractivity contribution in [3.63, 3.8) is 0 Å². The Morgan fingerprint density at radius 1 is 1.22 bits per heavy atom. The summed E-state index contributed by atoms with van der Waals surface area (Å²) in [6.07, 6.45) is 0. The molecular formula is C10H12N2O5S. The fourth-order valence-electron chi connectivity index (χ4n) is 1.21. The molecule has 18 heavy (non-hydrogen) atoms. The number of carbonyl (C=O) groups is 3. The van der Waals surface area contributed by atoms with E-state index in [0.717, 1.165) is 9.78 Å². The quantitative estimate of drug-likeness (QED) is 0.696. The van der Waals surface area contributed by atoms with Crippen molar-refractivity contribution in [3.8, 4) is 0 Å². The SMILES string of the molecule is O=C(O)CN(CC(=O)O)C(=O)NCc1cccs1. The molecule has 0 atom stereocenters. The van der Waals surface area contributed by atoms with Gasteiger partial charge < -0.3 is 20.4 Å². The molecule has 7 nitrogen and oxygen atoms in total. The largest absolute Gasteiger partial charge is 0.480 e. The number of nitrogens with zero attached hydrogens (tertiary/aromatic N) is 1. The van der Waals surface area contributed by atoms with Crippen LogP contribution in [0.25, 0.3) is 0 Å². The standard InChI is InChI=1S/C10H12N2O5S/c13-8(14)5-12(6-9(15)16)10(17)11-4-7-2-1-3-18-7/h1-3H,4-6H2,(H,11,17)(H,13,14)(H,15,16). The van der Waals surface area contributed by atoms with E-state index < -0.39 is 31.1 Å². The van der Waals surface area contributed by atoms with Crippen LogP contribution in [0.4, 0.5) is 4.79 Å². The number of carbonyl (C=O) groups excluding carboxylic acids is 1. The maximum Gasteiger partial charge on any atom is 0.323 e. The number of carboxylic acids is 2. The molecule has 0 aromatic carbocycles. The Bertz CT molecular complexity index is 415. The Balaban J connectivity index is 2.52. The van der Waals surface area contributed by atoms with Gasteiger partial charge in [0.25, 0.3) is 0 Å². The van der Waals surface area contributed by atoms with Gasteiger partial charge in [-0.2, -0.15) is 0 Å². The first kappa shape index (κ1) is 14.0. The van der Waals surface area contributed by atoms with Crippen molar-refractivity contribution in [2.45, 2.75) is 6.54 Å². The molecule has 0 spiro atoms. The maximum absolute atomic E-state index is 11.6. The minimum absolute atomic E-state index is 0.242. The number of nitrogens with one attached hydrogen (secondary N) is 1. The van der Waals surface area contributed by atoms with E-state index in [9.17, 15) is 14.4 Å². The Morgan fingerprint density at radius 3 is 2.28 bits per heavy atom. The lowest BCUT2D eigenvalue weighted by Gasteiger charge is -2.18. The van der Waals surface area contributed by atoms with Crippen LogP contribution in [0.5, 0.6) is 0 Å². The van der Waals surface area contributed by atoms with Crippen LogP contribution in [0.2, 0.25) is 0 Å². The van der Waals surface area contributed by atoms with Gasteiger partial charge in [0.1, 0.15) is 13.1 Å². The van der Waals surface area contributed by atoms with Crippen LogP contribution >= 0.6 is 11.3 Å². The number of hydrogen-bond acceptors (Lipinski definition) is 4. The maximum atomic E-state index is 11.6. The summed E-state index contributed by atoms with van der Waals surface area (Å²) < 4.78 is 0. The van der Waals surface area contributed by atoms with Gasteiger partial charge >= 0.3 is 18.0 Å². The van der Waals surface area contributed by atoms with E-state index in [4.69, 9.17) is 10.2 Å². The van der Waals surface area contributed by atoms with Crippen molar-refractivity contribution in [3.05, 3.63) is 22.4 Å². The van der Waals surface area contributed by atoms with Crippen LogP contribution in [0, 0.1) is 0 Å².